The van der Waals surface area contributed by atoms with E-state index in [1.165, 1.54) is 15.3 Å². The molecule has 1 heterocycles. The van der Waals surface area contributed by atoms with Gasteiger partial charge in [0.1, 0.15) is 0 Å². The Kier molecular flexibility index (Phi) is 4.11. The van der Waals surface area contributed by atoms with Gasteiger partial charge in [0.05, 0.1) is 4.83 Å². The number of thiophene rings is 1. The fourth-order valence-corrected chi connectivity index (χ4v) is 4.69. The summed E-state index contributed by atoms with van der Waals surface area (Å²) in [5, 5.41) is 0.770. The molecule has 1 aromatic carbocycles. The molecule has 0 fully saturated rings. The molecule has 0 saturated carbocycles. The van der Waals surface area contributed by atoms with Gasteiger partial charge in [-0.3, -0.25) is 0 Å². The highest BCUT2D eigenvalue weighted by atomic mass is 79.9. The topological polar surface area (TPSA) is 0 Å². The second-order valence-corrected chi connectivity index (χ2v) is 6.98. The predicted molar refractivity (Wildman–Crippen MR) is 79.0 cm³/mol. The van der Waals surface area contributed by atoms with Crippen LogP contribution in [0.15, 0.2) is 34.8 Å². The van der Waals surface area contributed by atoms with Gasteiger partial charge in [-0.1, -0.05) is 39.7 Å². The number of hydrogen-bond donors (Lipinski definition) is 0. The van der Waals surface area contributed by atoms with E-state index in [2.05, 4.69) is 50.9 Å². The second kappa shape index (κ2) is 5.21. The molecule has 84 valence electrons. The lowest BCUT2D eigenvalue weighted by atomic mass is 10.1. The zero-order valence-corrected chi connectivity index (χ0v) is 13.3. The molecule has 4 heteroatoms. The van der Waals surface area contributed by atoms with Crippen molar-refractivity contribution >= 4 is 54.8 Å². The predicted octanol–water partition coefficient (Wildman–Crippen LogP) is 5.96. The third kappa shape index (κ3) is 2.70. The van der Waals surface area contributed by atoms with Gasteiger partial charge in [-0.05, 0) is 46.6 Å². The fourth-order valence-electron chi connectivity index (χ4n) is 1.49. The van der Waals surface area contributed by atoms with Crippen molar-refractivity contribution in [3.05, 3.63) is 55.1 Å². The maximum absolute atomic E-state index is 5.99. The van der Waals surface area contributed by atoms with Crippen LogP contribution in [0.1, 0.15) is 20.1 Å². The van der Waals surface area contributed by atoms with Crippen molar-refractivity contribution in [2.45, 2.75) is 11.8 Å². The maximum Gasteiger partial charge on any atom is 0.0750 e. The highest BCUT2D eigenvalue weighted by Crippen LogP contribution is 2.40. The largest absolute Gasteiger partial charge is 0.143 e. The molecule has 0 aliphatic carbocycles. The van der Waals surface area contributed by atoms with E-state index in [1.54, 1.807) is 11.3 Å². The molecule has 1 atom stereocenters. The van der Waals surface area contributed by atoms with E-state index in [-0.39, 0.29) is 4.83 Å². The van der Waals surface area contributed by atoms with Gasteiger partial charge >= 0.3 is 0 Å². The molecule has 0 aliphatic rings. The lowest BCUT2D eigenvalue weighted by Crippen LogP contribution is -1.89. The van der Waals surface area contributed by atoms with Crippen molar-refractivity contribution in [2.75, 3.05) is 0 Å². The standard InChI is InChI=1S/C12H9Br2ClS/c1-7-5-10(13)12(16-7)11(14)8-3-2-4-9(15)6-8/h2-6,11H,1H3. The van der Waals surface area contributed by atoms with Crippen LogP contribution in [0.5, 0.6) is 0 Å². The van der Waals surface area contributed by atoms with Gasteiger partial charge in [-0.15, -0.1) is 11.3 Å². The third-order valence-electron chi connectivity index (χ3n) is 2.21. The first kappa shape index (κ1) is 12.6. The summed E-state index contributed by atoms with van der Waals surface area (Å²) in [5.41, 5.74) is 1.18. The van der Waals surface area contributed by atoms with Crippen molar-refractivity contribution in [1.29, 1.82) is 0 Å². The number of benzene rings is 1. The molecule has 0 saturated heterocycles. The number of alkyl halides is 1. The molecule has 2 rings (SSSR count). The molecule has 0 aliphatic heterocycles. The minimum atomic E-state index is 0.194. The Morgan fingerprint density at radius 3 is 2.62 bits per heavy atom. The van der Waals surface area contributed by atoms with Crippen molar-refractivity contribution in [2.24, 2.45) is 0 Å². The SMILES string of the molecule is Cc1cc(Br)c(C(Br)c2cccc(Cl)c2)s1. The number of halogens is 3. The summed E-state index contributed by atoms with van der Waals surface area (Å²) in [7, 11) is 0. The molecular formula is C12H9Br2ClS. The molecule has 1 unspecified atom stereocenters. The van der Waals surface area contributed by atoms with Crippen molar-refractivity contribution in [3.8, 4) is 0 Å². The van der Waals surface area contributed by atoms with Gasteiger partial charge < -0.3 is 0 Å². The zero-order chi connectivity index (χ0) is 11.7. The van der Waals surface area contributed by atoms with Crippen LogP contribution in [0.3, 0.4) is 0 Å². The summed E-state index contributed by atoms with van der Waals surface area (Å²) in [4.78, 5) is 2.77. The Balaban J connectivity index is 2.38. The van der Waals surface area contributed by atoms with E-state index in [1.807, 2.05) is 18.2 Å². The Labute approximate surface area is 121 Å². The first-order valence-electron chi connectivity index (χ1n) is 4.73. The fraction of sp³-hybridized carbons (Fsp3) is 0.167. The summed E-state index contributed by atoms with van der Waals surface area (Å²) in [6.45, 7) is 2.11. The second-order valence-electron chi connectivity index (χ2n) is 3.49. The Morgan fingerprint density at radius 1 is 1.31 bits per heavy atom. The summed E-state index contributed by atoms with van der Waals surface area (Å²) in [5.74, 6) is 0. The van der Waals surface area contributed by atoms with Gasteiger partial charge in [0, 0.05) is 19.2 Å². The molecule has 16 heavy (non-hydrogen) atoms. The monoisotopic (exact) mass is 378 g/mol. The van der Waals surface area contributed by atoms with Crippen LogP contribution in [-0.2, 0) is 0 Å². The van der Waals surface area contributed by atoms with E-state index in [9.17, 15) is 0 Å². The van der Waals surface area contributed by atoms with Gasteiger partial charge in [-0.25, -0.2) is 0 Å². The Bertz CT molecular complexity index is 507. The molecule has 0 nitrogen and oxygen atoms in total. The Hall–Kier alpha value is 0.170. The molecule has 0 bridgehead atoms. The first-order valence-corrected chi connectivity index (χ1v) is 7.63. The van der Waals surface area contributed by atoms with Crippen molar-refractivity contribution in [1.82, 2.24) is 0 Å². The van der Waals surface area contributed by atoms with Crippen molar-refractivity contribution < 1.29 is 0 Å². The molecule has 0 N–H and O–H groups in total. The average molecular weight is 381 g/mol. The van der Waals surface area contributed by atoms with Crippen LogP contribution in [0.4, 0.5) is 0 Å². The minimum absolute atomic E-state index is 0.194. The molecule has 1 aromatic heterocycles. The van der Waals surface area contributed by atoms with E-state index < -0.39 is 0 Å². The molecule has 0 amide bonds. The lowest BCUT2D eigenvalue weighted by Gasteiger charge is -2.09. The van der Waals surface area contributed by atoms with Gasteiger partial charge in [0.15, 0.2) is 0 Å². The zero-order valence-electron chi connectivity index (χ0n) is 8.51. The van der Waals surface area contributed by atoms with Crippen LogP contribution < -0.4 is 0 Å². The summed E-state index contributed by atoms with van der Waals surface area (Å²) in [6, 6.07) is 10.1. The van der Waals surface area contributed by atoms with Crippen LogP contribution in [0, 0.1) is 6.92 Å². The number of aryl methyl sites for hydroxylation is 1. The smallest absolute Gasteiger partial charge is 0.0750 e. The average Bonchev–Trinajstić information content (AvgIpc) is 2.57. The van der Waals surface area contributed by atoms with E-state index in [4.69, 9.17) is 11.6 Å². The van der Waals surface area contributed by atoms with Gasteiger partial charge in [0.2, 0.25) is 0 Å². The normalized spacial score (nSPS) is 12.8. The maximum atomic E-state index is 5.99. The summed E-state index contributed by atoms with van der Waals surface area (Å²) >= 11 is 15.1. The number of hydrogen-bond acceptors (Lipinski definition) is 1. The molecule has 2 aromatic rings. The first-order chi connectivity index (χ1) is 7.58. The van der Waals surface area contributed by atoms with Gasteiger partial charge in [-0.2, -0.15) is 0 Å². The van der Waals surface area contributed by atoms with Crippen LogP contribution in [-0.4, -0.2) is 0 Å². The van der Waals surface area contributed by atoms with Crippen molar-refractivity contribution in [3.63, 3.8) is 0 Å². The van der Waals surface area contributed by atoms with Crippen LogP contribution in [0.2, 0.25) is 5.02 Å². The third-order valence-corrected chi connectivity index (χ3v) is 5.77. The number of rotatable bonds is 2. The highest BCUT2D eigenvalue weighted by molar-refractivity contribution is 9.11. The lowest BCUT2D eigenvalue weighted by molar-refractivity contribution is 1.21. The van der Waals surface area contributed by atoms with Crippen LogP contribution >= 0.6 is 54.8 Å². The molecule has 0 radical (unpaired) electrons. The quantitative estimate of drug-likeness (QED) is 0.564. The van der Waals surface area contributed by atoms with E-state index in [0.717, 1.165) is 9.50 Å². The Morgan fingerprint density at radius 2 is 2.06 bits per heavy atom. The van der Waals surface area contributed by atoms with Crippen LogP contribution in [0.25, 0.3) is 0 Å². The van der Waals surface area contributed by atoms with Gasteiger partial charge in [0.25, 0.3) is 0 Å². The summed E-state index contributed by atoms with van der Waals surface area (Å²) < 4.78 is 1.15. The highest BCUT2D eigenvalue weighted by Gasteiger charge is 2.16. The minimum Gasteiger partial charge on any atom is -0.143 e. The molecule has 0 spiro atoms. The summed E-state index contributed by atoms with van der Waals surface area (Å²) in [6.07, 6.45) is 0. The molecular weight excluding hydrogens is 371 g/mol. The van der Waals surface area contributed by atoms with E-state index >= 15 is 0 Å². The van der Waals surface area contributed by atoms with E-state index in [0.29, 0.717) is 0 Å².